The molecule has 0 bridgehead atoms. The molecule has 0 radical (unpaired) electrons. The average Bonchev–Trinajstić information content (AvgIpc) is 2.54. The summed E-state index contributed by atoms with van der Waals surface area (Å²) in [6.07, 6.45) is 0.221. The summed E-state index contributed by atoms with van der Waals surface area (Å²) in [6.45, 7) is 0. The van der Waals surface area contributed by atoms with Gasteiger partial charge in [-0.2, -0.15) is 0 Å². The van der Waals surface area contributed by atoms with Crippen molar-refractivity contribution in [1.82, 2.24) is 5.32 Å². The number of hydrogen-bond acceptors (Lipinski definition) is 3. The molecule has 0 aromatic heterocycles. The highest BCUT2D eigenvalue weighted by Crippen LogP contribution is 2.14. The molecule has 0 saturated carbocycles. The first-order valence-corrected chi connectivity index (χ1v) is 7.97. The number of halogens is 1. The van der Waals surface area contributed by atoms with Gasteiger partial charge in [-0.05, 0) is 23.3 Å². The van der Waals surface area contributed by atoms with Gasteiger partial charge < -0.3 is 10.4 Å². The SMILES string of the molecule is O=C(N[C@@H](Cc1ccccc1)C(=O)O)SCc1ccc(F)cc1. The number of carboxylic acids is 1. The molecule has 2 rings (SSSR count). The van der Waals surface area contributed by atoms with Crippen molar-refractivity contribution in [2.75, 3.05) is 0 Å². The molecule has 0 aliphatic heterocycles. The third-order valence-electron chi connectivity index (χ3n) is 3.16. The Kier molecular flexibility index (Phi) is 6.17. The van der Waals surface area contributed by atoms with E-state index in [2.05, 4.69) is 5.32 Å². The maximum absolute atomic E-state index is 12.8. The Morgan fingerprint density at radius 1 is 1.04 bits per heavy atom. The lowest BCUT2D eigenvalue weighted by atomic mass is 10.1. The maximum atomic E-state index is 12.8. The Hall–Kier alpha value is -2.34. The molecule has 0 saturated heterocycles. The second-order valence-corrected chi connectivity index (χ2v) is 5.88. The largest absolute Gasteiger partial charge is 0.480 e. The summed E-state index contributed by atoms with van der Waals surface area (Å²) in [7, 11) is 0. The van der Waals surface area contributed by atoms with Crippen LogP contribution in [0.15, 0.2) is 54.6 Å². The summed E-state index contributed by atoms with van der Waals surface area (Å²) in [4.78, 5) is 23.2. The third-order valence-corrected chi connectivity index (χ3v) is 4.01. The molecule has 0 spiro atoms. The highest BCUT2D eigenvalue weighted by atomic mass is 32.2. The Labute approximate surface area is 137 Å². The van der Waals surface area contributed by atoms with Gasteiger partial charge in [0.2, 0.25) is 0 Å². The quantitative estimate of drug-likeness (QED) is 0.849. The normalized spacial score (nSPS) is 11.7. The molecular formula is C17H16FNO3S. The van der Waals surface area contributed by atoms with Gasteiger partial charge in [0, 0.05) is 12.2 Å². The van der Waals surface area contributed by atoms with Crippen molar-refractivity contribution in [3.05, 3.63) is 71.5 Å². The summed E-state index contributed by atoms with van der Waals surface area (Å²) in [5.74, 6) is -1.06. The minimum absolute atomic E-state index is 0.221. The molecule has 4 nitrogen and oxygen atoms in total. The van der Waals surface area contributed by atoms with E-state index in [4.69, 9.17) is 0 Å². The third kappa shape index (κ3) is 5.75. The molecule has 0 unspecified atom stereocenters. The average molecular weight is 333 g/mol. The number of carboxylic acid groups (broad SMARTS) is 1. The van der Waals surface area contributed by atoms with Gasteiger partial charge in [0.05, 0.1) is 0 Å². The smallest absolute Gasteiger partial charge is 0.326 e. The van der Waals surface area contributed by atoms with Crippen molar-refractivity contribution in [2.24, 2.45) is 0 Å². The first kappa shape index (κ1) is 17.0. The lowest BCUT2D eigenvalue weighted by Crippen LogP contribution is -2.40. The number of thioether (sulfide) groups is 1. The number of rotatable bonds is 6. The highest BCUT2D eigenvalue weighted by molar-refractivity contribution is 8.12. The van der Waals surface area contributed by atoms with Gasteiger partial charge in [-0.3, -0.25) is 4.79 Å². The molecule has 2 aromatic carbocycles. The van der Waals surface area contributed by atoms with E-state index in [1.54, 1.807) is 12.1 Å². The van der Waals surface area contributed by atoms with Crippen LogP contribution in [0.25, 0.3) is 0 Å². The van der Waals surface area contributed by atoms with Gasteiger partial charge in [-0.15, -0.1) is 0 Å². The molecular weight excluding hydrogens is 317 g/mol. The molecule has 6 heteroatoms. The first-order valence-electron chi connectivity index (χ1n) is 6.99. The van der Waals surface area contributed by atoms with E-state index in [0.717, 1.165) is 22.9 Å². The zero-order chi connectivity index (χ0) is 16.7. The number of hydrogen-bond donors (Lipinski definition) is 2. The monoisotopic (exact) mass is 333 g/mol. The van der Waals surface area contributed by atoms with Crippen LogP contribution in [0.1, 0.15) is 11.1 Å². The Bertz CT molecular complexity index is 661. The molecule has 0 aliphatic rings. The second kappa shape index (κ2) is 8.33. The number of benzene rings is 2. The second-order valence-electron chi connectivity index (χ2n) is 4.93. The fourth-order valence-corrected chi connectivity index (χ4v) is 2.68. The molecule has 0 fully saturated rings. The van der Waals surface area contributed by atoms with Gasteiger partial charge in [-0.1, -0.05) is 54.2 Å². The molecule has 1 amide bonds. The van der Waals surface area contributed by atoms with Crippen LogP contribution in [-0.2, 0) is 17.0 Å². The van der Waals surface area contributed by atoms with Crippen LogP contribution in [0.3, 0.4) is 0 Å². The Morgan fingerprint density at radius 3 is 2.30 bits per heavy atom. The van der Waals surface area contributed by atoms with Crippen LogP contribution >= 0.6 is 11.8 Å². The molecule has 2 N–H and O–H groups in total. The van der Waals surface area contributed by atoms with Crippen LogP contribution in [0, 0.1) is 5.82 Å². The van der Waals surface area contributed by atoms with Crippen LogP contribution in [0.2, 0.25) is 0 Å². The maximum Gasteiger partial charge on any atom is 0.326 e. The minimum Gasteiger partial charge on any atom is -0.480 e. The van der Waals surface area contributed by atoms with E-state index >= 15 is 0 Å². The van der Waals surface area contributed by atoms with E-state index in [1.165, 1.54) is 12.1 Å². The van der Waals surface area contributed by atoms with E-state index < -0.39 is 17.3 Å². The van der Waals surface area contributed by atoms with Crippen LogP contribution in [0.4, 0.5) is 9.18 Å². The Balaban J connectivity index is 1.88. The molecule has 2 aromatic rings. The Morgan fingerprint density at radius 2 is 1.70 bits per heavy atom. The van der Waals surface area contributed by atoms with E-state index in [0.29, 0.717) is 5.75 Å². The van der Waals surface area contributed by atoms with Crippen molar-refractivity contribution in [3.8, 4) is 0 Å². The molecule has 23 heavy (non-hydrogen) atoms. The zero-order valence-corrected chi connectivity index (χ0v) is 13.1. The standard InChI is InChI=1S/C17H16FNO3S/c18-14-8-6-13(7-9-14)11-23-17(22)19-15(16(20)21)10-12-4-2-1-3-5-12/h1-9,15H,10-11H2,(H,19,22)(H,20,21)/t15-/m0/s1. The van der Waals surface area contributed by atoms with Crippen molar-refractivity contribution >= 4 is 23.0 Å². The van der Waals surface area contributed by atoms with E-state index in [1.807, 2.05) is 30.3 Å². The lowest BCUT2D eigenvalue weighted by molar-refractivity contribution is -0.139. The lowest BCUT2D eigenvalue weighted by Gasteiger charge is -2.14. The van der Waals surface area contributed by atoms with Crippen molar-refractivity contribution < 1.29 is 19.1 Å². The van der Waals surface area contributed by atoms with Crippen LogP contribution in [0.5, 0.6) is 0 Å². The van der Waals surface area contributed by atoms with Crippen molar-refractivity contribution in [2.45, 2.75) is 18.2 Å². The van der Waals surface area contributed by atoms with Gasteiger partial charge in [0.1, 0.15) is 11.9 Å². The highest BCUT2D eigenvalue weighted by Gasteiger charge is 2.20. The molecule has 0 aliphatic carbocycles. The van der Waals surface area contributed by atoms with Crippen LogP contribution in [-0.4, -0.2) is 22.4 Å². The number of aliphatic carboxylic acids is 1. The van der Waals surface area contributed by atoms with E-state index in [-0.39, 0.29) is 12.2 Å². The summed E-state index contributed by atoms with van der Waals surface area (Å²) in [6, 6.07) is 14.0. The summed E-state index contributed by atoms with van der Waals surface area (Å²) in [5, 5.41) is 11.3. The van der Waals surface area contributed by atoms with Gasteiger partial charge >= 0.3 is 5.97 Å². The summed E-state index contributed by atoms with van der Waals surface area (Å²) >= 11 is 0.956. The first-order chi connectivity index (χ1) is 11.0. The van der Waals surface area contributed by atoms with Crippen molar-refractivity contribution in [3.63, 3.8) is 0 Å². The fraction of sp³-hybridized carbons (Fsp3) is 0.176. The molecule has 0 heterocycles. The number of carbonyl (C=O) groups excluding carboxylic acids is 1. The summed E-state index contributed by atoms with van der Waals surface area (Å²) < 4.78 is 12.8. The van der Waals surface area contributed by atoms with Crippen LogP contribution < -0.4 is 5.32 Å². The molecule has 120 valence electrons. The zero-order valence-electron chi connectivity index (χ0n) is 12.2. The summed E-state index contributed by atoms with van der Waals surface area (Å²) in [5.41, 5.74) is 1.63. The number of carbonyl (C=O) groups is 2. The van der Waals surface area contributed by atoms with Gasteiger partial charge in [0.25, 0.3) is 5.24 Å². The topological polar surface area (TPSA) is 66.4 Å². The van der Waals surface area contributed by atoms with Crippen molar-refractivity contribution in [1.29, 1.82) is 0 Å². The number of nitrogens with one attached hydrogen (secondary N) is 1. The predicted molar refractivity (Wildman–Crippen MR) is 87.8 cm³/mol. The fourth-order valence-electron chi connectivity index (χ4n) is 1.96. The predicted octanol–water partition coefficient (Wildman–Crippen LogP) is 3.46. The van der Waals surface area contributed by atoms with E-state index in [9.17, 15) is 19.1 Å². The molecule has 1 atom stereocenters. The number of amides is 1. The van der Waals surface area contributed by atoms with Gasteiger partial charge in [-0.25, -0.2) is 9.18 Å². The minimum atomic E-state index is -1.08. The van der Waals surface area contributed by atoms with Gasteiger partial charge in [0.15, 0.2) is 0 Å².